The number of hydrogen-bond acceptors (Lipinski definition) is 6. The molecule has 0 aliphatic rings. The summed E-state index contributed by atoms with van der Waals surface area (Å²) in [5.41, 5.74) is 1.59. The molecule has 0 saturated carbocycles. The molecule has 40 heavy (non-hydrogen) atoms. The van der Waals surface area contributed by atoms with Crippen molar-refractivity contribution in [3.8, 4) is 0 Å². The molecule has 0 heterocycles. The van der Waals surface area contributed by atoms with Gasteiger partial charge >= 0.3 is 12.1 Å². The van der Waals surface area contributed by atoms with Gasteiger partial charge in [0.25, 0.3) is 0 Å². The number of likely N-dealkylation sites (N-methyl/N-ethyl adjacent to an activating group) is 1. The zero-order valence-corrected chi connectivity index (χ0v) is 25.1. The van der Waals surface area contributed by atoms with Crippen LogP contribution in [0.2, 0.25) is 0 Å². The van der Waals surface area contributed by atoms with Gasteiger partial charge in [-0.25, -0.2) is 9.59 Å². The van der Waals surface area contributed by atoms with Gasteiger partial charge in [-0.15, -0.1) is 0 Å². The Morgan fingerprint density at radius 2 is 1.38 bits per heavy atom. The minimum Gasteiger partial charge on any atom is -0.458 e. The highest BCUT2D eigenvalue weighted by molar-refractivity contribution is 5.93. The van der Waals surface area contributed by atoms with Gasteiger partial charge in [-0.05, 0) is 77.6 Å². The summed E-state index contributed by atoms with van der Waals surface area (Å²) in [4.78, 5) is 53.8. The molecule has 2 atom stereocenters. The van der Waals surface area contributed by atoms with Gasteiger partial charge in [0.2, 0.25) is 11.8 Å². The number of alkyl carbamates (subject to hydrolysis) is 1. The van der Waals surface area contributed by atoms with Gasteiger partial charge in [0.15, 0.2) is 0 Å². The monoisotopic (exact) mass is 553 g/mol. The standard InChI is InChI=1S/C31H43N3O6/c1-20-14-13-15-21(2)25(20)26(34(9)24(35)19-32-29(38)40-31(6,7)8)27(36)33-23(28(37)39-30(3,4)5)18-22-16-11-10-12-17-22/h10-17,23,26H,18-19H2,1-9H3,(H,32,38)(H,33,36). The summed E-state index contributed by atoms with van der Waals surface area (Å²) in [5.74, 6) is -1.63. The maximum atomic E-state index is 14.0. The third-order valence-corrected chi connectivity index (χ3v) is 5.92. The summed E-state index contributed by atoms with van der Waals surface area (Å²) in [6, 6.07) is 12.8. The lowest BCUT2D eigenvalue weighted by atomic mass is 9.94. The van der Waals surface area contributed by atoms with E-state index in [-0.39, 0.29) is 13.0 Å². The lowest BCUT2D eigenvalue weighted by Gasteiger charge is -2.32. The van der Waals surface area contributed by atoms with Crippen molar-refractivity contribution in [3.05, 3.63) is 70.8 Å². The van der Waals surface area contributed by atoms with Crippen molar-refractivity contribution < 1.29 is 28.7 Å². The van der Waals surface area contributed by atoms with Crippen LogP contribution in [0.25, 0.3) is 0 Å². The summed E-state index contributed by atoms with van der Waals surface area (Å²) >= 11 is 0. The molecular formula is C31H43N3O6. The van der Waals surface area contributed by atoms with Crippen LogP contribution in [0.15, 0.2) is 48.5 Å². The number of carbonyl (C=O) groups excluding carboxylic acids is 4. The van der Waals surface area contributed by atoms with Crippen LogP contribution < -0.4 is 10.6 Å². The summed E-state index contributed by atoms with van der Waals surface area (Å²) in [7, 11) is 1.49. The van der Waals surface area contributed by atoms with Crippen LogP contribution in [0, 0.1) is 13.8 Å². The Hall–Kier alpha value is -3.88. The first-order chi connectivity index (χ1) is 18.5. The van der Waals surface area contributed by atoms with E-state index in [0.717, 1.165) is 16.7 Å². The molecule has 9 nitrogen and oxygen atoms in total. The largest absolute Gasteiger partial charge is 0.458 e. The molecule has 0 aliphatic carbocycles. The molecule has 218 valence electrons. The third kappa shape index (κ3) is 10.0. The van der Waals surface area contributed by atoms with Crippen LogP contribution >= 0.6 is 0 Å². The van der Waals surface area contributed by atoms with Gasteiger partial charge in [-0.3, -0.25) is 9.59 Å². The highest BCUT2D eigenvalue weighted by atomic mass is 16.6. The van der Waals surface area contributed by atoms with Gasteiger partial charge < -0.3 is 25.0 Å². The van der Waals surface area contributed by atoms with E-state index in [0.29, 0.717) is 5.56 Å². The van der Waals surface area contributed by atoms with Crippen molar-refractivity contribution in [3.63, 3.8) is 0 Å². The van der Waals surface area contributed by atoms with E-state index in [1.165, 1.54) is 11.9 Å². The molecule has 0 bridgehead atoms. The molecule has 0 radical (unpaired) electrons. The average molecular weight is 554 g/mol. The molecular weight excluding hydrogens is 510 g/mol. The van der Waals surface area contributed by atoms with Crippen molar-refractivity contribution in [1.82, 2.24) is 15.5 Å². The molecule has 0 aliphatic heterocycles. The van der Waals surface area contributed by atoms with E-state index in [2.05, 4.69) is 10.6 Å². The summed E-state index contributed by atoms with van der Waals surface area (Å²) in [6.45, 7) is 13.8. The maximum absolute atomic E-state index is 14.0. The van der Waals surface area contributed by atoms with Crippen molar-refractivity contribution in [2.24, 2.45) is 0 Å². The predicted octanol–water partition coefficient (Wildman–Crippen LogP) is 4.40. The Kier molecular flexibility index (Phi) is 10.9. The first kappa shape index (κ1) is 32.3. The second kappa shape index (κ2) is 13.5. The third-order valence-electron chi connectivity index (χ3n) is 5.92. The summed E-state index contributed by atoms with van der Waals surface area (Å²) in [6.07, 6.45) is -0.533. The number of benzene rings is 2. The Morgan fingerprint density at radius 3 is 1.90 bits per heavy atom. The number of rotatable bonds is 9. The van der Waals surface area contributed by atoms with Crippen molar-refractivity contribution >= 4 is 23.9 Å². The normalized spacial score (nSPS) is 13.0. The minimum absolute atomic E-state index is 0.207. The van der Waals surface area contributed by atoms with Crippen LogP contribution in [-0.2, 0) is 30.3 Å². The van der Waals surface area contributed by atoms with Crippen LogP contribution in [0.3, 0.4) is 0 Å². The van der Waals surface area contributed by atoms with Crippen molar-refractivity contribution in [2.75, 3.05) is 13.6 Å². The molecule has 0 fully saturated rings. The fourth-order valence-corrected chi connectivity index (χ4v) is 4.16. The molecule has 0 saturated heterocycles. The Labute approximate surface area is 237 Å². The zero-order chi connectivity index (χ0) is 30.3. The molecule has 2 rings (SSSR count). The molecule has 0 spiro atoms. The van der Waals surface area contributed by atoms with E-state index in [9.17, 15) is 19.2 Å². The van der Waals surface area contributed by atoms with Gasteiger partial charge in [0.1, 0.15) is 29.8 Å². The van der Waals surface area contributed by atoms with Gasteiger partial charge in [-0.2, -0.15) is 0 Å². The number of nitrogens with zero attached hydrogens (tertiary/aromatic N) is 1. The lowest BCUT2D eigenvalue weighted by Crippen LogP contribution is -2.51. The minimum atomic E-state index is -1.07. The Bertz CT molecular complexity index is 1180. The number of esters is 1. The number of hydrogen-bond donors (Lipinski definition) is 2. The van der Waals surface area contributed by atoms with Gasteiger partial charge in [0, 0.05) is 13.5 Å². The Morgan fingerprint density at radius 1 is 0.825 bits per heavy atom. The lowest BCUT2D eigenvalue weighted by molar-refractivity contribution is -0.159. The number of aryl methyl sites for hydroxylation is 2. The van der Waals surface area contributed by atoms with Crippen LogP contribution in [0.1, 0.15) is 69.8 Å². The highest BCUT2D eigenvalue weighted by Crippen LogP contribution is 2.27. The zero-order valence-electron chi connectivity index (χ0n) is 25.1. The SMILES string of the molecule is Cc1cccc(C)c1C(C(=O)NC(Cc1ccccc1)C(=O)OC(C)(C)C)N(C)C(=O)CNC(=O)OC(C)(C)C. The molecule has 3 amide bonds. The molecule has 2 aromatic carbocycles. The van der Waals surface area contributed by atoms with Crippen LogP contribution in [-0.4, -0.2) is 59.6 Å². The number of nitrogens with one attached hydrogen (secondary N) is 2. The number of amides is 3. The topological polar surface area (TPSA) is 114 Å². The fourth-order valence-electron chi connectivity index (χ4n) is 4.16. The summed E-state index contributed by atoms with van der Waals surface area (Å²) in [5, 5.41) is 5.31. The molecule has 9 heteroatoms. The molecule has 2 aromatic rings. The Balaban J connectivity index is 2.39. The maximum Gasteiger partial charge on any atom is 0.408 e. The average Bonchev–Trinajstić information content (AvgIpc) is 2.82. The first-order valence-corrected chi connectivity index (χ1v) is 13.3. The fraction of sp³-hybridized carbons (Fsp3) is 0.484. The second-order valence-corrected chi connectivity index (χ2v) is 11.9. The predicted molar refractivity (Wildman–Crippen MR) is 154 cm³/mol. The van der Waals surface area contributed by atoms with E-state index >= 15 is 0 Å². The second-order valence-electron chi connectivity index (χ2n) is 11.9. The number of carbonyl (C=O) groups is 4. The van der Waals surface area contributed by atoms with Crippen molar-refractivity contribution in [1.29, 1.82) is 0 Å². The van der Waals surface area contributed by atoms with Gasteiger partial charge in [-0.1, -0.05) is 48.5 Å². The molecule has 2 unspecified atom stereocenters. The first-order valence-electron chi connectivity index (χ1n) is 13.3. The van der Waals surface area contributed by atoms with E-state index in [1.54, 1.807) is 41.5 Å². The van der Waals surface area contributed by atoms with E-state index in [4.69, 9.17) is 9.47 Å². The molecule has 2 N–H and O–H groups in total. The van der Waals surface area contributed by atoms with Crippen molar-refractivity contribution in [2.45, 2.75) is 85.1 Å². The van der Waals surface area contributed by atoms with Crippen LogP contribution in [0.5, 0.6) is 0 Å². The highest BCUT2D eigenvalue weighted by Gasteiger charge is 2.35. The smallest absolute Gasteiger partial charge is 0.408 e. The van der Waals surface area contributed by atoms with Crippen LogP contribution in [0.4, 0.5) is 4.79 Å². The van der Waals surface area contributed by atoms with E-state index in [1.807, 2.05) is 62.4 Å². The van der Waals surface area contributed by atoms with Gasteiger partial charge in [0.05, 0.1) is 0 Å². The number of ether oxygens (including phenoxy) is 2. The molecule has 0 aromatic heterocycles. The quantitative estimate of drug-likeness (QED) is 0.445. The summed E-state index contributed by atoms with van der Waals surface area (Å²) < 4.78 is 10.8. The van der Waals surface area contributed by atoms with E-state index < -0.39 is 47.2 Å².